The lowest BCUT2D eigenvalue weighted by atomic mass is 10.1. The maximum Gasteiger partial charge on any atom is 0.257 e. The Bertz CT molecular complexity index is 1010. The van der Waals surface area contributed by atoms with Gasteiger partial charge in [0, 0.05) is 13.1 Å². The predicted molar refractivity (Wildman–Crippen MR) is 112 cm³/mol. The second-order valence-electron chi connectivity index (χ2n) is 7.54. The lowest BCUT2D eigenvalue weighted by molar-refractivity contribution is -0.128. The molecule has 7 nitrogen and oxygen atoms in total. The molecule has 1 fully saturated rings. The minimum atomic E-state index is -0.914. The number of amides is 2. The number of methoxy groups -OCH3 is 1. The topological polar surface area (TPSA) is 84.9 Å². The maximum atomic E-state index is 13.5. The van der Waals surface area contributed by atoms with Crippen molar-refractivity contribution in [3.63, 3.8) is 0 Å². The van der Waals surface area contributed by atoms with E-state index in [1.165, 1.54) is 13.2 Å². The highest BCUT2D eigenvalue weighted by Crippen LogP contribution is 2.25. The van der Waals surface area contributed by atoms with E-state index in [1.807, 2.05) is 13.0 Å². The van der Waals surface area contributed by atoms with Crippen LogP contribution in [-0.2, 0) is 9.59 Å². The highest BCUT2D eigenvalue weighted by molar-refractivity contribution is 5.98. The summed E-state index contributed by atoms with van der Waals surface area (Å²) in [5, 5.41) is 2.50. The number of nitrogens with zero attached hydrogens (tertiary/aromatic N) is 1. The normalized spacial score (nSPS) is 15.4. The number of benzene rings is 2. The first-order valence-corrected chi connectivity index (χ1v) is 10.1. The van der Waals surface area contributed by atoms with Crippen LogP contribution >= 0.6 is 0 Å². The first-order chi connectivity index (χ1) is 15.3. The Morgan fingerprint density at radius 2 is 1.88 bits per heavy atom. The van der Waals surface area contributed by atoms with E-state index in [1.54, 1.807) is 17.0 Å². The van der Waals surface area contributed by atoms with Crippen LogP contribution in [0.2, 0.25) is 0 Å². The third-order valence-corrected chi connectivity index (χ3v) is 5.19. The average Bonchev–Trinajstić information content (AvgIpc) is 3.27. The van der Waals surface area contributed by atoms with Crippen LogP contribution in [0.3, 0.4) is 0 Å². The molecular weight excluding hydrogens is 422 g/mol. The van der Waals surface area contributed by atoms with Crippen LogP contribution in [0.5, 0.6) is 11.5 Å². The third-order valence-electron chi connectivity index (χ3n) is 5.19. The van der Waals surface area contributed by atoms with Crippen LogP contribution in [0.15, 0.2) is 36.4 Å². The number of ketones is 1. The number of aryl methyl sites for hydroxylation is 1. The van der Waals surface area contributed by atoms with Crippen molar-refractivity contribution in [1.29, 1.82) is 0 Å². The van der Waals surface area contributed by atoms with Gasteiger partial charge in [0.2, 0.25) is 5.91 Å². The number of Topliss-reactive ketones (excluding diaryl/α,β-unsaturated/α-hetero) is 1. The van der Waals surface area contributed by atoms with E-state index in [2.05, 4.69) is 5.32 Å². The van der Waals surface area contributed by atoms with Gasteiger partial charge in [-0.2, -0.15) is 0 Å². The first-order valence-electron chi connectivity index (χ1n) is 10.1. The third kappa shape index (κ3) is 5.40. The van der Waals surface area contributed by atoms with Gasteiger partial charge in [-0.1, -0.05) is 17.7 Å². The van der Waals surface area contributed by atoms with Crippen molar-refractivity contribution in [2.24, 2.45) is 5.92 Å². The van der Waals surface area contributed by atoms with Crippen molar-refractivity contribution in [3.05, 3.63) is 59.2 Å². The van der Waals surface area contributed by atoms with Gasteiger partial charge in [0.05, 0.1) is 25.1 Å². The fraction of sp³-hybridized carbons (Fsp3) is 0.348. The number of hydrogen-bond acceptors (Lipinski definition) is 5. The molecule has 0 bridgehead atoms. The van der Waals surface area contributed by atoms with Gasteiger partial charge in [-0.15, -0.1) is 0 Å². The highest BCUT2D eigenvalue weighted by Gasteiger charge is 2.32. The molecule has 32 heavy (non-hydrogen) atoms. The summed E-state index contributed by atoms with van der Waals surface area (Å²) in [6, 6.07) is 8.53. The van der Waals surface area contributed by atoms with Gasteiger partial charge in [0.15, 0.2) is 23.2 Å². The standard InChI is InChI=1S/C23H24F2N2O5/c1-14-6-7-20(31-2)17(10-14)23(30)27-9-8-15(12-27)22(29)26-11-16(28)13-32-21-18(24)4-3-5-19(21)25/h3-7,10,15H,8-9,11-13H2,1-2H3,(H,26,29)/t15-/m0/s1. The van der Waals surface area contributed by atoms with E-state index < -0.39 is 35.7 Å². The molecule has 1 aliphatic rings. The van der Waals surface area contributed by atoms with Gasteiger partial charge in [0.1, 0.15) is 12.4 Å². The van der Waals surface area contributed by atoms with Crippen molar-refractivity contribution in [3.8, 4) is 11.5 Å². The summed E-state index contributed by atoms with van der Waals surface area (Å²) in [6.07, 6.45) is 0.455. The largest absolute Gasteiger partial charge is 0.496 e. The lowest BCUT2D eigenvalue weighted by Crippen LogP contribution is -2.38. The SMILES string of the molecule is COc1ccc(C)cc1C(=O)N1CC[C@H](C(=O)NCC(=O)COc2c(F)cccc2F)C1. The molecule has 3 rings (SSSR count). The van der Waals surface area contributed by atoms with Gasteiger partial charge in [-0.05, 0) is 37.6 Å². The molecule has 0 unspecified atom stereocenters. The first kappa shape index (κ1) is 23.2. The maximum absolute atomic E-state index is 13.5. The minimum Gasteiger partial charge on any atom is -0.496 e. The Morgan fingerprint density at radius 3 is 2.56 bits per heavy atom. The summed E-state index contributed by atoms with van der Waals surface area (Å²) in [5.41, 5.74) is 1.35. The summed E-state index contributed by atoms with van der Waals surface area (Å²) >= 11 is 0. The number of halogens is 2. The Morgan fingerprint density at radius 1 is 1.16 bits per heavy atom. The molecule has 2 amide bonds. The molecule has 1 N–H and O–H groups in total. The molecule has 0 saturated carbocycles. The number of para-hydroxylation sites is 1. The second kappa shape index (κ2) is 10.2. The van der Waals surface area contributed by atoms with E-state index in [9.17, 15) is 23.2 Å². The van der Waals surface area contributed by atoms with E-state index in [0.717, 1.165) is 17.7 Å². The Kier molecular flexibility index (Phi) is 7.40. The number of likely N-dealkylation sites (tertiary alicyclic amines) is 1. The number of nitrogens with one attached hydrogen (secondary N) is 1. The smallest absolute Gasteiger partial charge is 0.257 e. The summed E-state index contributed by atoms with van der Waals surface area (Å²) in [7, 11) is 1.49. The number of ether oxygens (including phenoxy) is 2. The van der Waals surface area contributed by atoms with Crippen LogP contribution < -0.4 is 14.8 Å². The quantitative estimate of drug-likeness (QED) is 0.674. The molecular formula is C23H24F2N2O5. The van der Waals surface area contributed by atoms with Gasteiger partial charge in [-0.3, -0.25) is 14.4 Å². The van der Waals surface area contributed by atoms with Crippen molar-refractivity contribution in [1.82, 2.24) is 10.2 Å². The van der Waals surface area contributed by atoms with Crippen molar-refractivity contribution in [2.45, 2.75) is 13.3 Å². The molecule has 2 aromatic rings. The van der Waals surface area contributed by atoms with Gasteiger partial charge < -0.3 is 19.7 Å². The fourth-order valence-corrected chi connectivity index (χ4v) is 3.47. The van der Waals surface area contributed by atoms with Crippen molar-refractivity contribution < 1.29 is 32.6 Å². The van der Waals surface area contributed by atoms with E-state index in [4.69, 9.17) is 9.47 Å². The zero-order valence-corrected chi connectivity index (χ0v) is 17.8. The summed E-state index contributed by atoms with van der Waals surface area (Å²) in [6.45, 7) is 1.56. The number of hydrogen-bond donors (Lipinski definition) is 1. The number of rotatable bonds is 8. The summed E-state index contributed by atoms with van der Waals surface area (Å²) in [4.78, 5) is 38.8. The van der Waals surface area contributed by atoms with Gasteiger partial charge in [0.25, 0.3) is 5.91 Å². The summed E-state index contributed by atoms with van der Waals surface area (Å²) < 4.78 is 37.2. The Balaban J connectivity index is 1.49. The monoisotopic (exact) mass is 446 g/mol. The van der Waals surface area contributed by atoms with E-state index in [0.29, 0.717) is 24.3 Å². The molecule has 0 spiro atoms. The molecule has 0 aliphatic carbocycles. The zero-order chi connectivity index (χ0) is 23.3. The van der Waals surface area contributed by atoms with Crippen LogP contribution in [0, 0.1) is 24.5 Å². The lowest BCUT2D eigenvalue weighted by Gasteiger charge is -2.18. The molecule has 0 radical (unpaired) electrons. The van der Waals surface area contributed by atoms with Gasteiger partial charge in [-0.25, -0.2) is 8.78 Å². The molecule has 1 heterocycles. The van der Waals surface area contributed by atoms with E-state index in [-0.39, 0.29) is 24.9 Å². The molecule has 0 aromatic heterocycles. The molecule has 2 aromatic carbocycles. The van der Waals surface area contributed by atoms with Crippen molar-refractivity contribution in [2.75, 3.05) is 33.4 Å². The minimum absolute atomic E-state index is 0.215. The molecule has 1 atom stereocenters. The summed E-state index contributed by atoms with van der Waals surface area (Å²) in [5.74, 6) is -3.61. The van der Waals surface area contributed by atoms with Crippen LogP contribution in [0.1, 0.15) is 22.3 Å². The number of carbonyl (C=O) groups excluding carboxylic acids is 3. The average molecular weight is 446 g/mol. The zero-order valence-electron chi connectivity index (χ0n) is 17.8. The Hall–Kier alpha value is -3.49. The van der Waals surface area contributed by atoms with Crippen LogP contribution in [0.4, 0.5) is 8.78 Å². The second-order valence-corrected chi connectivity index (χ2v) is 7.54. The van der Waals surface area contributed by atoms with E-state index >= 15 is 0 Å². The van der Waals surface area contributed by atoms with Crippen LogP contribution in [0.25, 0.3) is 0 Å². The fourth-order valence-electron chi connectivity index (χ4n) is 3.47. The highest BCUT2D eigenvalue weighted by atomic mass is 19.1. The Labute approximate surface area is 184 Å². The van der Waals surface area contributed by atoms with Gasteiger partial charge >= 0.3 is 0 Å². The molecule has 9 heteroatoms. The number of carbonyl (C=O) groups is 3. The molecule has 1 saturated heterocycles. The molecule has 1 aliphatic heterocycles. The molecule has 170 valence electrons. The van der Waals surface area contributed by atoms with Crippen LogP contribution in [-0.4, -0.2) is 55.8 Å². The predicted octanol–water partition coefficient (Wildman–Crippen LogP) is 2.51. The van der Waals surface area contributed by atoms with Crippen molar-refractivity contribution >= 4 is 17.6 Å².